The molecule has 1 aromatic carbocycles. The monoisotopic (exact) mass is 395 g/mol. The van der Waals surface area contributed by atoms with Crippen molar-refractivity contribution in [3.8, 4) is 0 Å². The normalized spacial score (nSPS) is 17.6. The van der Waals surface area contributed by atoms with Crippen LogP contribution in [0.25, 0.3) is 0 Å². The molecule has 0 aliphatic carbocycles. The van der Waals surface area contributed by atoms with E-state index in [1.165, 1.54) is 0 Å². The van der Waals surface area contributed by atoms with E-state index in [0.717, 1.165) is 25.5 Å². The maximum atomic E-state index is 12.7. The second kappa shape index (κ2) is 9.21. The summed E-state index contributed by atoms with van der Waals surface area (Å²) in [6.07, 6.45) is 3.59. The average Bonchev–Trinajstić information content (AvgIpc) is 2.60. The third-order valence-electron chi connectivity index (χ3n) is 4.54. The second-order valence-electron chi connectivity index (χ2n) is 7.52. The molecule has 1 saturated heterocycles. The van der Waals surface area contributed by atoms with Gasteiger partial charge in [-0.1, -0.05) is 13.8 Å². The first-order valence-electron chi connectivity index (χ1n) is 9.30. The van der Waals surface area contributed by atoms with Crippen LogP contribution in [0.4, 0.5) is 5.69 Å². The van der Waals surface area contributed by atoms with Crippen LogP contribution in [0.5, 0.6) is 0 Å². The second-order valence-corrected chi connectivity index (χ2v) is 9.26. The van der Waals surface area contributed by atoms with Gasteiger partial charge in [0.2, 0.25) is 15.9 Å². The minimum Gasteiger partial charge on any atom is -0.356 e. The highest BCUT2D eigenvalue weighted by Crippen LogP contribution is 2.20. The number of nitrogens with one attached hydrogen (secondary N) is 2. The predicted molar refractivity (Wildman–Crippen MR) is 106 cm³/mol. The number of sulfonamides is 1. The van der Waals surface area contributed by atoms with Crippen LogP contribution in [-0.4, -0.2) is 51.0 Å². The number of anilines is 1. The van der Waals surface area contributed by atoms with Crippen LogP contribution in [0.3, 0.4) is 0 Å². The number of likely N-dealkylation sites (tertiary alicyclic amines) is 1. The van der Waals surface area contributed by atoms with Gasteiger partial charge in [0.15, 0.2) is 0 Å². The Morgan fingerprint density at radius 3 is 2.48 bits per heavy atom. The summed E-state index contributed by atoms with van der Waals surface area (Å²) >= 11 is 0. The zero-order valence-corrected chi connectivity index (χ0v) is 17.0. The number of nitrogens with zero attached hydrogens (tertiary/aromatic N) is 1. The molecule has 7 nitrogen and oxygen atoms in total. The standard InChI is InChI=1S/C19H29N3O4S/c1-14(2)10-11-20-18(23)16-5-4-12-22(13-16)19(24)15-6-8-17(9-7-15)21-27(3,25)26/h6-9,14,16,21H,4-5,10-13H2,1-3H3,(H,20,23)/t16-/m1/s1. The van der Waals surface area contributed by atoms with E-state index in [1.807, 2.05) is 0 Å². The molecule has 0 unspecified atom stereocenters. The number of benzene rings is 1. The molecule has 1 fully saturated rings. The van der Waals surface area contributed by atoms with Gasteiger partial charge >= 0.3 is 0 Å². The lowest BCUT2D eigenvalue weighted by Gasteiger charge is -2.32. The number of hydrogen-bond acceptors (Lipinski definition) is 4. The fraction of sp³-hybridized carbons (Fsp3) is 0.579. The molecule has 2 rings (SSSR count). The summed E-state index contributed by atoms with van der Waals surface area (Å²) in [5, 5.41) is 2.97. The van der Waals surface area contributed by atoms with Gasteiger partial charge in [-0.05, 0) is 49.4 Å². The molecule has 1 aliphatic rings. The fourth-order valence-corrected chi connectivity index (χ4v) is 3.65. The molecule has 8 heteroatoms. The Morgan fingerprint density at radius 2 is 1.89 bits per heavy atom. The molecular weight excluding hydrogens is 366 g/mol. The van der Waals surface area contributed by atoms with Crippen molar-refractivity contribution < 1.29 is 18.0 Å². The van der Waals surface area contributed by atoms with Crippen LogP contribution < -0.4 is 10.0 Å². The van der Waals surface area contributed by atoms with Crippen molar-refractivity contribution >= 4 is 27.5 Å². The van der Waals surface area contributed by atoms with E-state index in [1.54, 1.807) is 29.2 Å². The van der Waals surface area contributed by atoms with E-state index < -0.39 is 10.0 Å². The van der Waals surface area contributed by atoms with Crippen LogP contribution in [-0.2, 0) is 14.8 Å². The van der Waals surface area contributed by atoms with Crippen molar-refractivity contribution in [3.63, 3.8) is 0 Å². The Morgan fingerprint density at radius 1 is 1.22 bits per heavy atom. The van der Waals surface area contributed by atoms with Gasteiger partial charge in [0.1, 0.15) is 0 Å². The molecule has 0 saturated carbocycles. The first-order chi connectivity index (χ1) is 12.7. The zero-order valence-electron chi connectivity index (χ0n) is 16.2. The summed E-state index contributed by atoms with van der Waals surface area (Å²) < 4.78 is 24.9. The van der Waals surface area contributed by atoms with Gasteiger partial charge in [0.25, 0.3) is 5.91 Å². The lowest BCUT2D eigenvalue weighted by molar-refractivity contribution is -0.126. The highest BCUT2D eigenvalue weighted by molar-refractivity contribution is 7.92. The van der Waals surface area contributed by atoms with Gasteiger partial charge in [-0.25, -0.2) is 8.42 Å². The topological polar surface area (TPSA) is 95.6 Å². The van der Waals surface area contributed by atoms with Crippen LogP contribution >= 0.6 is 0 Å². The van der Waals surface area contributed by atoms with Crippen LogP contribution in [0, 0.1) is 11.8 Å². The van der Waals surface area contributed by atoms with Gasteiger partial charge in [-0.3, -0.25) is 14.3 Å². The molecule has 2 N–H and O–H groups in total. The van der Waals surface area contributed by atoms with Gasteiger partial charge in [0.05, 0.1) is 12.2 Å². The molecule has 0 spiro atoms. The Kier molecular flexibility index (Phi) is 7.24. The van der Waals surface area contributed by atoms with Gasteiger partial charge in [0, 0.05) is 30.9 Å². The highest BCUT2D eigenvalue weighted by atomic mass is 32.2. The van der Waals surface area contributed by atoms with E-state index in [0.29, 0.717) is 36.8 Å². The number of carbonyl (C=O) groups excluding carboxylic acids is 2. The Hall–Kier alpha value is -2.09. The molecule has 1 atom stereocenters. The lowest BCUT2D eigenvalue weighted by Crippen LogP contribution is -2.45. The largest absolute Gasteiger partial charge is 0.356 e. The molecule has 0 aromatic heterocycles. The minimum absolute atomic E-state index is 0.0147. The summed E-state index contributed by atoms with van der Waals surface area (Å²) in [7, 11) is -3.35. The molecule has 1 aliphatic heterocycles. The molecule has 1 heterocycles. The van der Waals surface area contributed by atoms with E-state index in [9.17, 15) is 18.0 Å². The average molecular weight is 396 g/mol. The lowest BCUT2D eigenvalue weighted by atomic mass is 9.96. The van der Waals surface area contributed by atoms with Crippen molar-refractivity contribution in [1.29, 1.82) is 0 Å². The number of amides is 2. The highest BCUT2D eigenvalue weighted by Gasteiger charge is 2.28. The van der Waals surface area contributed by atoms with Gasteiger partial charge in [-0.2, -0.15) is 0 Å². The van der Waals surface area contributed by atoms with Crippen LogP contribution in [0.2, 0.25) is 0 Å². The molecular formula is C19H29N3O4S. The smallest absolute Gasteiger partial charge is 0.253 e. The predicted octanol–water partition coefficient (Wildman–Crippen LogP) is 2.07. The summed E-state index contributed by atoms with van der Waals surface area (Å²) in [6, 6.07) is 6.33. The fourth-order valence-electron chi connectivity index (χ4n) is 3.08. The zero-order chi connectivity index (χ0) is 20.0. The Labute approximate surface area is 161 Å². The van der Waals surface area contributed by atoms with Crippen LogP contribution in [0.15, 0.2) is 24.3 Å². The van der Waals surface area contributed by atoms with Crippen molar-refractivity contribution in [2.45, 2.75) is 33.1 Å². The van der Waals surface area contributed by atoms with E-state index >= 15 is 0 Å². The van der Waals surface area contributed by atoms with Gasteiger partial charge in [-0.15, -0.1) is 0 Å². The maximum Gasteiger partial charge on any atom is 0.253 e. The summed E-state index contributed by atoms with van der Waals surface area (Å²) in [6.45, 7) is 5.93. The molecule has 150 valence electrons. The third kappa shape index (κ3) is 6.86. The SMILES string of the molecule is CC(C)CCNC(=O)[C@@H]1CCCN(C(=O)c2ccc(NS(C)(=O)=O)cc2)C1. The number of carbonyl (C=O) groups is 2. The number of hydrogen-bond donors (Lipinski definition) is 2. The van der Waals surface area contributed by atoms with E-state index in [-0.39, 0.29) is 17.7 Å². The van der Waals surface area contributed by atoms with Crippen molar-refractivity contribution in [1.82, 2.24) is 10.2 Å². The van der Waals surface area contributed by atoms with E-state index in [2.05, 4.69) is 23.9 Å². The summed E-state index contributed by atoms with van der Waals surface area (Å²) in [5.41, 5.74) is 0.894. The summed E-state index contributed by atoms with van der Waals surface area (Å²) in [5.74, 6) is 0.234. The molecule has 0 bridgehead atoms. The first kappa shape index (κ1) is 21.2. The van der Waals surface area contributed by atoms with Crippen molar-refractivity contribution in [3.05, 3.63) is 29.8 Å². The molecule has 0 radical (unpaired) electrons. The Balaban J connectivity index is 1.94. The van der Waals surface area contributed by atoms with Crippen molar-refractivity contribution in [2.75, 3.05) is 30.6 Å². The van der Waals surface area contributed by atoms with E-state index in [4.69, 9.17) is 0 Å². The minimum atomic E-state index is -3.35. The van der Waals surface area contributed by atoms with Gasteiger partial charge < -0.3 is 10.2 Å². The number of piperidine rings is 1. The quantitative estimate of drug-likeness (QED) is 0.739. The first-order valence-corrected chi connectivity index (χ1v) is 11.2. The maximum absolute atomic E-state index is 12.7. The Bertz CT molecular complexity index is 760. The molecule has 1 aromatic rings. The molecule has 27 heavy (non-hydrogen) atoms. The molecule has 2 amide bonds. The number of rotatable bonds is 7. The van der Waals surface area contributed by atoms with Crippen LogP contribution in [0.1, 0.15) is 43.5 Å². The third-order valence-corrected chi connectivity index (χ3v) is 5.14. The van der Waals surface area contributed by atoms with Crippen molar-refractivity contribution in [2.24, 2.45) is 11.8 Å². The summed E-state index contributed by atoms with van der Waals surface area (Å²) in [4.78, 5) is 26.8.